The molecule has 0 unspecified atom stereocenters. The van der Waals surface area contributed by atoms with Gasteiger partial charge in [0.05, 0.1) is 0 Å². The van der Waals surface area contributed by atoms with Crippen LogP contribution in [0.5, 0.6) is 0 Å². The summed E-state index contributed by atoms with van der Waals surface area (Å²) in [4.78, 5) is 19.0. The molecule has 1 atom stereocenters. The van der Waals surface area contributed by atoms with Gasteiger partial charge in [0, 0.05) is 24.5 Å². The number of hydrogen-bond donors (Lipinski definition) is 1. The third kappa shape index (κ3) is 3.79. The minimum Gasteiger partial charge on any atom is -0.334 e. The van der Waals surface area contributed by atoms with Crippen LogP contribution in [0.4, 0.5) is 0 Å². The highest BCUT2D eigenvalue weighted by atomic mass is 32.1. The van der Waals surface area contributed by atoms with Crippen LogP contribution in [0.1, 0.15) is 61.4 Å². The van der Waals surface area contributed by atoms with Crippen molar-refractivity contribution in [1.29, 1.82) is 0 Å². The zero-order valence-electron chi connectivity index (χ0n) is 12.5. The van der Waals surface area contributed by atoms with Crippen molar-refractivity contribution in [3.8, 4) is 0 Å². The number of likely N-dealkylation sites (tertiary alicyclic amines) is 1. The Labute approximate surface area is 125 Å². The molecule has 0 bridgehead atoms. The Hall–Kier alpha value is -0.940. The van der Waals surface area contributed by atoms with E-state index < -0.39 is 0 Å². The van der Waals surface area contributed by atoms with E-state index >= 15 is 0 Å². The molecule has 1 aliphatic heterocycles. The van der Waals surface area contributed by atoms with Gasteiger partial charge in [0.25, 0.3) is 5.91 Å². The molecule has 1 fully saturated rings. The van der Waals surface area contributed by atoms with Crippen LogP contribution in [0.25, 0.3) is 0 Å². The van der Waals surface area contributed by atoms with Crippen molar-refractivity contribution in [3.63, 3.8) is 0 Å². The van der Waals surface area contributed by atoms with Gasteiger partial charge >= 0.3 is 0 Å². The summed E-state index contributed by atoms with van der Waals surface area (Å²) in [6, 6.07) is 0.390. The first kappa shape index (κ1) is 15.4. The molecule has 0 aromatic carbocycles. The van der Waals surface area contributed by atoms with E-state index in [-0.39, 0.29) is 5.91 Å². The maximum absolute atomic E-state index is 12.6. The maximum Gasteiger partial charge on any atom is 0.273 e. The predicted molar refractivity (Wildman–Crippen MR) is 82.8 cm³/mol. The second-order valence-electron chi connectivity index (χ2n) is 5.95. The van der Waals surface area contributed by atoms with Crippen LogP contribution in [-0.4, -0.2) is 28.4 Å². The van der Waals surface area contributed by atoms with Crippen LogP contribution >= 0.6 is 11.3 Å². The highest BCUT2D eigenvalue weighted by molar-refractivity contribution is 7.09. The second kappa shape index (κ2) is 7.18. The zero-order chi connectivity index (χ0) is 14.5. The van der Waals surface area contributed by atoms with Gasteiger partial charge in [-0.1, -0.05) is 13.8 Å². The smallest absolute Gasteiger partial charge is 0.273 e. The predicted octanol–water partition coefficient (Wildman–Crippen LogP) is 3.03. The van der Waals surface area contributed by atoms with Crippen molar-refractivity contribution in [2.75, 3.05) is 6.54 Å². The van der Waals surface area contributed by atoms with E-state index in [0.717, 1.165) is 30.8 Å². The van der Waals surface area contributed by atoms with Gasteiger partial charge in [-0.2, -0.15) is 0 Å². The fourth-order valence-electron chi connectivity index (χ4n) is 2.74. The van der Waals surface area contributed by atoms with E-state index in [1.807, 2.05) is 10.3 Å². The van der Waals surface area contributed by atoms with Crippen LogP contribution in [0.15, 0.2) is 5.38 Å². The molecular formula is C15H25N3OS. The number of nitrogens with zero attached hydrogens (tertiary/aromatic N) is 2. The molecule has 1 saturated heterocycles. The summed E-state index contributed by atoms with van der Waals surface area (Å²) < 4.78 is 0. The van der Waals surface area contributed by atoms with Crippen LogP contribution < -0.4 is 5.73 Å². The molecule has 1 aromatic heterocycles. The molecule has 1 amide bonds. The van der Waals surface area contributed by atoms with E-state index in [4.69, 9.17) is 5.73 Å². The average Bonchev–Trinajstić information content (AvgIpc) is 2.93. The molecule has 5 heteroatoms. The molecule has 2 rings (SSSR count). The van der Waals surface area contributed by atoms with E-state index in [2.05, 4.69) is 18.8 Å². The lowest BCUT2D eigenvalue weighted by molar-refractivity contribution is 0.0588. The minimum absolute atomic E-state index is 0.0920. The zero-order valence-corrected chi connectivity index (χ0v) is 13.3. The molecule has 1 aromatic rings. The first-order valence-electron chi connectivity index (χ1n) is 7.57. The summed E-state index contributed by atoms with van der Waals surface area (Å²) in [6.45, 7) is 5.76. The summed E-state index contributed by atoms with van der Waals surface area (Å²) >= 11 is 1.48. The monoisotopic (exact) mass is 295 g/mol. The molecule has 2 heterocycles. The van der Waals surface area contributed by atoms with E-state index in [9.17, 15) is 4.79 Å². The quantitative estimate of drug-likeness (QED) is 0.908. The first-order valence-corrected chi connectivity index (χ1v) is 8.45. The van der Waals surface area contributed by atoms with Crippen molar-refractivity contribution >= 4 is 17.2 Å². The van der Waals surface area contributed by atoms with Crippen molar-refractivity contribution in [2.24, 2.45) is 11.7 Å². The summed E-state index contributed by atoms with van der Waals surface area (Å²) in [7, 11) is 0. The number of piperidine rings is 1. The van der Waals surface area contributed by atoms with Crippen molar-refractivity contribution in [3.05, 3.63) is 16.1 Å². The van der Waals surface area contributed by atoms with Gasteiger partial charge in [0.15, 0.2) is 0 Å². The van der Waals surface area contributed by atoms with Gasteiger partial charge in [-0.25, -0.2) is 4.98 Å². The molecule has 2 N–H and O–H groups in total. The Kier molecular flexibility index (Phi) is 5.54. The van der Waals surface area contributed by atoms with Gasteiger partial charge in [-0.3, -0.25) is 4.79 Å². The number of nitrogens with two attached hydrogens (primary N) is 1. The molecule has 0 saturated carbocycles. The molecule has 20 heavy (non-hydrogen) atoms. The highest BCUT2D eigenvalue weighted by Crippen LogP contribution is 2.24. The molecule has 4 nitrogen and oxygen atoms in total. The van der Waals surface area contributed by atoms with E-state index in [0.29, 0.717) is 24.2 Å². The lowest BCUT2D eigenvalue weighted by Gasteiger charge is -2.35. The van der Waals surface area contributed by atoms with Gasteiger partial charge in [-0.05, 0) is 38.0 Å². The number of rotatable bonds is 5. The van der Waals surface area contributed by atoms with Crippen molar-refractivity contribution < 1.29 is 4.79 Å². The van der Waals surface area contributed by atoms with Gasteiger partial charge in [0.2, 0.25) is 0 Å². The van der Waals surface area contributed by atoms with Crippen LogP contribution in [0.2, 0.25) is 0 Å². The Morgan fingerprint density at radius 1 is 1.55 bits per heavy atom. The SMILES string of the molecule is CC(C)CC[C@@H]1CCCCN1C(=O)c1csc(CN)n1. The van der Waals surface area contributed by atoms with Crippen LogP contribution in [-0.2, 0) is 6.54 Å². The summed E-state index contributed by atoms with van der Waals surface area (Å²) in [5.74, 6) is 0.784. The fraction of sp³-hybridized carbons (Fsp3) is 0.733. The Bertz CT molecular complexity index is 444. The van der Waals surface area contributed by atoms with Gasteiger partial charge in [0.1, 0.15) is 10.7 Å². The maximum atomic E-state index is 12.6. The summed E-state index contributed by atoms with van der Waals surface area (Å²) in [6.07, 6.45) is 5.76. The number of amides is 1. The number of thiazole rings is 1. The first-order chi connectivity index (χ1) is 9.61. The third-order valence-corrected chi connectivity index (χ3v) is 4.78. The normalized spacial score (nSPS) is 19.6. The van der Waals surface area contributed by atoms with E-state index in [1.165, 1.54) is 24.2 Å². The summed E-state index contributed by atoms with van der Waals surface area (Å²) in [5.41, 5.74) is 6.15. The average molecular weight is 295 g/mol. The lowest BCUT2D eigenvalue weighted by atomic mass is 9.94. The Morgan fingerprint density at radius 2 is 2.35 bits per heavy atom. The fourth-order valence-corrected chi connectivity index (χ4v) is 3.39. The number of aromatic nitrogens is 1. The second-order valence-corrected chi connectivity index (χ2v) is 6.89. The molecule has 112 valence electrons. The summed E-state index contributed by atoms with van der Waals surface area (Å²) in [5, 5.41) is 2.68. The van der Waals surface area contributed by atoms with E-state index in [1.54, 1.807) is 0 Å². The standard InChI is InChI=1S/C15H25N3OS/c1-11(2)6-7-12-5-3-4-8-18(12)15(19)13-10-20-14(9-16)17-13/h10-12H,3-9,16H2,1-2H3/t12-/m0/s1. The van der Waals surface area contributed by atoms with Crippen LogP contribution in [0, 0.1) is 5.92 Å². The molecule has 0 radical (unpaired) electrons. The molecular weight excluding hydrogens is 270 g/mol. The molecule has 0 aliphatic carbocycles. The Balaban J connectivity index is 2.04. The van der Waals surface area contributed by atoms with Gasteiger partial charge in [-0.15, -0.1) is 11.3 Å². The molecule has 1 aliphatic rings. The lowest BCUT2D eigenvalue weighted by Crippen LogP contribution is -2.44. The highest BCUT2D eigenvalue weighted by Gasteiger charge is 2.28. The molecule has 0 spiro atoms. The van der Waals surface area contributed by atoms with Gasteiger partial charge < -0.3 is 10.6 Å². The number of carbonyl (C=O) groups is 1. The third-order valence-electron chi connectivity index (χ3n) is 3.91. The van der Waals surface area contributed by atoms with Crippen LogP contribution in [0.3, 0.4) is 0 Å². The van der Waals surface area contributed by atoms with Crippen molar-refractivity contribution in [1.82, 2.24) is 9.88 Å². The topological polar surface area (TPSA) is 59.2 Å². The van der Waals surface area contributed by atoms with Crippen molar-refractivity contribution in [2.45, 2.75) is 58.5 Å². The Morgan fingerprint density at radius 3 is 3.00 bits per heavy atom. The largest absolute Gasteiger partial charge is 0.334 e. The number of carbonyl (C=O) groups excluding carboxylic acids is 1. The number of hydrogen-bond acceptors (Lipinski definition) is 4. The minimum atomic E-state index is 0.0920.